The molecule has 7 nitrogen and oxygen atoms in total. The molecule has 1 N–H and O–H groups in total. The van der Waals surface area contributed by atoms with E-state index in [-0.39, 0.29) is 5.91 Å². The third-order valence-electron chi connectivity index (χ3n) is 3.17. The summed E-state index contributed by atoms with van der Waals surface area (Å²) in [5, 5.41) is 6.76. The number of aryl methyl sites for hydroxylation is 2. The summed E-state index contributed by atoms with van der Waals surface area (Å²) >= 11 is 0. The molecule has 110 valence electrons. The number of rotatable bonds is 3. The Balaban J connectivity index is 1.84. The van der Waals surface area contributed by atoms with Crippen LogP contribution in [0, 0.1) is 13.8 Å². The Morgan fingerprint density at radius 2 is 2.00 bits per heavy atom. The van der Waals surface area contributed by atoms with Gasteiger partial charge < -0.3 is 5.32 Å². The van der Waals surface area contributed by atoms with Crippen molar-refractivity contribution in [3.63, 3.8) is 0 Å². The SMILES string of the molecule is Cc1ccc(C(=O)Nc2cc(-n3cncn3)ncn2)c(C)c1. The first-order valence-corrected chi connectivity index (χ1v) is 6.69. The Hall–Kier alpha value is -3.09. The van der Waals surface area contributed by atoms with Gasteiger partial charge in [0.2, 0.25) is 0 Å². The molecule has 0 radical (unpaired) electrons. The van der Waals surface area contributed by atoms with Crippen molar-refractivity contribution in [3.05, 3.63) is 59.9 Å². The summed E-state index contributed by atoms with van der Waals surface area (Å²) in [5.41, 5.74) is 2.65. The van der Waals surface area contributed by atoms with Crippen molar-refractivity contribution in [1.82, 2.24) is 24.7 Å². The van der Waals surface area contributed by atoms with Crippen LogP contribution < -0.4 is 5.32 Å². The van der Waals surface area contributed by atoms with Gasteiger partial charge in [0.1, 0.15) is 24.8 Å². The Morgan fingerprint density at radius 1 is 1.14 bits per heavy atom. The summed E-state index contributed by atoms with van der Waals surface area (Å²) in [6, 6.07) is 7.31. The van der Waals surface area contributed by atoms with Gasteiger partial charge in [0.05, 0.1) is 0 Å². The average Bonchev–Trinajstić information content (AvgIpc) is 3.01. The lowest BCUT2D eigenvalue weighted by Gasteiger charge is -2.08. The molecule has 0 aliphatic rings. The molecule has 0 spiro atoms. The third kappa shape index (κ3) is 2.83. The molecule has 22 heavy (non-hydrogen) atoms. The number of aromatic nitrogens is 5. The van der Waals surface area contributed by atoms with Crippen LogP contribution in [0.1, 0.15) is 21.5 Å². The number of hydrogen-bond acceptors (Lipinski definition) is 5. The summed E-state index contributed by atoms with van der Waals surface area (Å²) in [5.74, 6) is 0.731. The molecule has 0 bridgehead atoms. The molecule has 0 atom stereocenters. The lowest BCUT2D eigenvalue weighted by Crippen LogP contribution is -2.15. The number of benzene rings is 1. The molecule has 7 heteroatoms. The van der Waals surface area contributed by atoms with Gasteiger partial charge in [0.15, 0.2) is 5.82 Å². The minimum absolute atomic E-state index is 0.208. The molecule has 3 aromatic rings. The second-order valence-corrected chi connectivity index (χ2v) is 4.87. The fraction of sp³-hybridized carbons (Fsp3) is 0.133. The Bertz CT molecular complexity index is 813. The molecule has 3 rings (SSSR count). The van der Waals surface area contributed by atoms with E-state index >= 15 is 0 Å². The minimum Gasteiger partial charge on any atom is -0.306 e. The van der Waals surface area contributed by atoms with Crippen molar-refractivity contribution in [2.75, 3.05) is 5.32 Å². The molecule has 0 aliphatic heterocycles. The van der Waals surface area contributed by atoms with Crippen molar-refractivity contribution in [3.8, 4) is 5.82 Å². The summed E-state index contributed by atoms with van der Waals surface area (Å²) < 4.78 is 1.49. The Labute approximate surface area is 127 Å². The molecule has 0 aliphatic carbocycles. The first kappa shape index (κ1) is 13.9. The maximum absolute atomic E-state index is 12.3. The van der Waals surface area contributed by atoms with Gasteiger partial charge in [0.25, 0.3) is 5.91 Å². The first-order valence-electron chi connectivity index (χ1n) is 6.69. The van der Waals surface area contributed by atoms with E-state index in [1.807, 2.05) is 26.0 Å². The minimum atomic E-state index is -0.208. The summed E-state index contributed by atoms with van der Waals surface area (Å²) in [4.78, 5) is 24.3. The highest BCUT2D eigenvalue weighted by atomic mass is 16.1. The first-order chi connectivity index (χ1) is 10.6. The number of anilines is 1. The van der Waals surface area contributed by atoms with Gasteiger partial charge in [0, 0.05) is 11.6 Å². The molecule has 1 amide bonds. The van der Waals surface area contributed by atoms with Crippen molar-refractivity contribution in [2.24, 2.45) is 0 Å². The zero-order chi connectivity index (χ0) is 15.5. The Kier molecular flexibility index (Phi) is 3.61. The zero-order valence-corrected chi connectivity index (χ0v) is 12.2. The van der Waals surface area contributed by atoms with Gasteiger partial charge in [-0.15, -0.1) is 0 Å². The van der Waals surface area contributed by atoms with E-state index in [1.54, 1.807) is 12.1 Å². The molecule has 0 unspecified atom stereocenters. The van der Waals surface area contributed by atoms with Crippen molar-refractivity contribution in [2.45, 2.75) is 13.8 Å². The summed E-state index contributed by atoms with van der Waals surface area (Å²) in [6.45, 7) is 3.90. The highest BCUT2D eigenvalue weighted by Gasteiger charge is 2.11. The van der Waals surface area contributed by atoms with Crippen LogP contribution in [0.5, 0.6) is 0 Å². The fourth-order valence-electron chi connectivity index (χ4n) is 2.12. The van der Waals surface area contributed by atoms with Crippen molar-refractivity contribution < 1.29 is 4.79 Å². The van der Waals surface area contributed by atoms with Crippen LogP contribution in [0.2, 0.25) is 0 Å². The number of amides is 1. The molecule has 0 saturated carbocycles. The number of nitrogens with zero attached hydrogens (tertiary/aromatic N) is 5. The van der Waals surface area contributed by atoms with Crippen LogP contribution in [0.4, 0.5) is 5.82 Å². The maximum Gasteiger partial charge on any atom is 0.257 e. The predicted octanol–water partition coefficient (Wildman–Crippen LogP) is 1.93. The third-order valence-corrected chi connectivity index (χ3v) is 3.17. The van der Waals surface area contributed by atoms with E-state index in [4.69, 9.17) is 0 Å². The van der Waals surface area contributed by atoms with E-state index in [0.717, 1.165) is 11.1 Å². The second kappa shape index (κ2) is 5.72. The molecule has 0 saturated heterocycles. The van der Waals surface area contributed by atoms with Crippen molar-refractivity contribution >= 4 is 11.7 Å². The highest BCUT2D eigenvalue weighted by molar-refractivity contribution is 6.04. The summed E-state index contributed by atoms with van der Waals surface area (Å²) in [7, 11) is 0. The lowest BCUT2D eigenvalue weighted by atomic mass is 10.1. The van der Waals surface area contributed by atoms with E-state index in [9.17, 15) is 4.79 Å². The van der Waals surface area contributed by atoms with Crippen LogP contribution in [0.3, 0.4) is 0 Å². The summed E-state index contributed by atoms with van der Waals surface area (Å²) in [6.07, 6.45) is 4.31. The van der Waals surface area contributed by atoms with Gasteiger partial charge in [-0.2, -0.15) is 5.10 Å². The zero-order valence-electron chi connectivity index (χ0n) is 12.2. The largest absolute Gasteiger partial charge is 0.306 e. The standard InChI is InChI=1S/C15H14N6O/c1-10-3-4-12(11(2)5-10)15(22)20-13-6-14(18-8-17-13)21-9-16-7-19-21/h3-9H,1-2H3,(H,17,18,20,22). The molecular formula is C15H14N6O. The molecular weight excluding hydrogens is 280 g/mol. The number of hydrogen-bond donors (Lipinski definition) is 1. The van der Waals surface area contributed by atoms with Crippen LogP contribution in [-0.4, -0.2) is 30.6 Å². The molecule has 2 heterocycles. The van der Waals surface area contributed by atoms with Gasteiger partial charge in [-0.1, -0.05) is 17.7 Å². The topological polar surface area (TPSA) is 85.6 Å². The van der Waals surface area contributed by atoms with Gasteiger partial charge in [-0.3, -0.25) is 4.79 Å². The van der Waals surface area contributed by atoms with Crippen molar-refractivity contribution in [1.29, 1.82) is 0 Å². The monoisotopic (exact) mass is 294 g/mol. The average molecular weight is 294 g/mol. The van der Waals surface area contributed by atoms with Gasteiger partial charge in [-0.25, -0.2) is 19.6 Å². The quantitative estimate of drug-likeness (QED) is 0.797. The van der Waals surface area contributed by atoms with E-state index in [2.05, 4.69) is 25.4 Å². The molecule has 2 aromatic heterocycles. The fourth-order valence-corrected chi connectivity index (χ4v) is 2.12. The highest BCUT2D eigenvalue weighted by Crippen LogP contribution is 2.13. The number of carbonyl (C=O) groups excluding carboxylic acids is 1. The predicted molar refractivity (Wildman–Crippen MR) is 80.8 cm³/mol. The van der Waals surface area contributed by atoms with Gasteiger partial charge in [-0.05, 0) is 25.5 Å². The van der Waals surface area contributed by atoms with E-state index in [1.165, 1.54) is 23.7 Å². The Morgan fingerprint density at radius 3 is 2.73 bits per heavy atom. The van der Waals surface area contributed by atoms with Crippen LogP contribution >= 0.6 is 0 Å². The molecule has 1 aromatic carbocycles. The normalized spacial score (nSPS) is 10.5. The van der Waals surface area contributed by atoms with Crippen LogP contribution in [0.15, 0.2) is 43.2 Å². The molecule has 0 fully saturated rings. The smallest absolute Gasteiger partial charge is 0.257 e. The van der Waals surface area contributed by atoms with Crippen LogP contribution in [-0.2, 0) is 0 Å². The lowest BCUT2D eigenvalue weighted by molar-refractivity contribution is 0.102. The van der Waals surface area contributed by atoms with Gasteiger partial charge >= 0.3 is 0 Å². The second-order valence-electron chi connectivity index (χ2n) is 4.87. The maximum atomic E-state index is 12.3. The van der Waals surface area contributed by atoms with Crippen LogP contribution in [0.25, 0.3) is 5.82 Å². The van der Waals surface area contributed by atoms with E-state index in [0.29, 0.717) is 17.2 Å². The van der Waals surface area contributed by atoms with E-state index < -0.39 is 0 Å². The number of nitrogens with one attached hydrogen (secondary N) is 1. The number of carbonyl (C=O) groups is 1.